The predicted molar refractivity (Wildman–Crippen MR) is 101 cm³/mol. The van der Waals surface area contributed by atoms with Crippen LogP contribution in [-0.2, 0) is 30.3 Å². The maximum atomic E-state index is 12.7. The van der Waals surface area contributed by atoms with E-state index in [2.05, 4.69) is 12.6 Å². The summed E-state index contributed by atoms with van der Waals surface area (Å²) in [5, 5.41) is -0.814. The highest BCUT2D eigenvalue weighted by Gasteiger charge is 2.56. The van der Waals surface area contributed by atoms with Gasteiger partial charge in [0.1, 0.15) is 17.3 Å². The predicted octanol–water partition coefficient (Wildman–Crippen LogP) is 3.01. The summed E-state index contributed by atoms with van der Waals surface area (Å²) < 4.78 is 10.5. The molecule has 0 saturated heterocycles. The molecule has 142 valence electrons. The number of ether oxygens (including phenoxy) is 2. The molecular formula is C20H26O5S. The van der Waals surface area contributed by atoms with Crippen molar-refractivity contribution in [2.75, 3.05) is 7.11 Å². The number of carbonyl (C=O) groups is 3. The summed E-state index contributed by atoms with van der Waals surface area (Å²) in [6, 6.07) is 9.47. The van der Waals surface area contributed by atoms with Crippen LogP contribution in [0.3, 0.4) is 0 Å². The molecule has 1 aromatic rings. The van der Waals surface area contributed by atoms with Crippen molar-refractivity contribution in [2.45, 2.75) is 50.9 Å². The number of ketones is 1. The van der Waals surface area contributed by atoms with Gasteiger partial charge in [-0.05, 0) is 39.2 Å². The Labute approximate surface area is 159 Å². The van der Waals surface area contributed by atoms with Crippen molar-refractivity contribution >= 4 is 30.4 Å². The zero-order valence-electron chi connectivity index (χ0n) is 15.7. The Morgan fingerprint density at radius 2 is 1.85 bits per heavy atom. The summed E-state index contributed by atoms with van der Waals surface area (Å²) in [4.78, 5) is 37.9. The van der Waals surface area contributed by atoms with Crippen molar-refractivity contribution in [1.82, 2.24) is 0 Å². The van der Waals surface area contributed by atoms with Gasteiger partial charge in [-0.3, -0.25) is 14.4 Å². The van der Waals surface area contributed by atoms with Crippen LogP contribution in [0.25, 0.3) is 0 Å². The monoisotopic (exact) mass is 378 g/mol. The molecule has 1 aliphatic rings. The summed E-state index contributed by atoms with van der Waals surface area (Å²) in [5.41, 5.74) is -0.862. The van der Waals surface area contributed by atoms with Crippen LogP contribution in [0.1, 0.15) is 39.2 Å². The number of esters is 2. The Bertz CT molecular complexity index is 679. The van der Waals surface area contributed by atoms with Gasteiger partial charge in [0.15, 0.2) is 0 Å². The van der Waals surface area contributed by atoms with Crippen LogP contribution in [0.4, 0.5) is 0 Å². The van der Waals surface area contributed by atoms with Gasteiger partial charge >= 0.3 is 11.9 Å². The normalized spacial score (nSPS) is 26.3. The molecule has 3 atom stereocenters. The van der Waals surface area contributed by atoms with Crippen LogP contribution in [0.5, 0.6) is 0 Å². The van der Waals surface area contributed by atoms with Crippen LogP contribution < -0.4 is 0 Å². The van der Waals surface area contributed by atoms with Crippen molar-refractivity contribution in [2.24, 2.45) is 11.3 Å². The average Bonchev–Trinajstić information content (AvgIpc) is 2.56. The summed E-state index contributed by atoms with van der Waals surface area (Å²) >= 11 is 4.59. The van der Waals surface area contributed by atoms with Crippen LogP contribution >= 0.6 is 12.6 Å². The minimum Gasteiger partial charge on any atom is -0.469 e. The summed E-state index contributed by atoms with van der Waals surface area (Å²) in [6.45, 7) is 5.22. The number of carbonyl (C=O) groups excluding carboxylic acids is 3. The number of methoxy groups -OCH3 is 1. The van der Waals surface area contributed by atoms with E-state index in [0.29, 0.717) is 12.8 Å². The molecule has 2 rings (SSSR count). The molecule has 0 bridgehead atoms. The maximum Gasteiger partial charge on any atom is 0.318 e. The number of hydrogen-bond acceptors (Lipinski definition) is 6. The van der Waals surface area contributed by atoms with E-state index in [1.165, 1.54) is 7.11 Å². The van der Waals surface area contributed by atoms with E-state index in [4.69, 9.17) is 9.47 Å². The van der Waals surface area contributed by atoms with Gasteiger partial charge in [-0.2, -0.15) is 12.6 Å². The van der Waals surface area contributed by atoms with Crippen molar-refractivity contribution in [3.8, 4) is 0 Å². The molecule has 26 heavy (non-hydrogen) atoms. The highest BCUT2D eigenvalue weighted by molar-refractivity contribution is 7.81. The van der Waals surface area contributed by atoms with Crippen LogP contribution in [0.15, 0.2) is 30.3 Å². The SMILES string of the molecule is COC(=O)[C@]1(Cc2ccccc2)CCC(=O)[C@H](C(=O)OC(C)(C)C)[C@H]1S. The zero-order valence-corrected chi connectivity index (χ0v) is 16.5. The fourth-order valence-corrected chi connectivity index (χ4v) is 4.04. The Balaban J connectivity index is 2.40. The van der Waals surface area contributed by atoms with Gasteiger partial charge in [0.2, 0.25) is 0 Å². The lowest BCUT2D eigenvalue weighted by Crippen LogP contribution is -2.54. The van der Waals surface area contributed by atoms with Gasteiger partial charge in [0.05, 0.1) is 12.5 Å². The smallest absolute Gasteiger partial charge is 0.318 e. The fourth-order valence-electron chi connectivity index (χ4n) is 3.42. The zero-order chi connectivity index (χ0) is 19.5. The number of hydrogen-bond donors (Lipinski definition) is 1. The molecule has 1 aromatic carbocycles. The molecule has 5 nitrogen and oxygen atoms in total. The van der Waals surface area contributed by atoms with Gasteiger partial charge in [-0.15, -0.1) is 0 Å². The fraction of sp³-hybridized carbons (Fsp3) is 0.550. The third kappa shape index (κ3) is 4.29. The molecule has 1 aliphatic carbocycles. The van der Waals surface area contributed by atoms with E-state index in [1.807, 2.05) is 30.3 Å². The molecule has 0 N–H and O–H groups in total. The minimum atomic E-state index is -1.09. The first-order valence-electron chi connectivity index (χ1n) is 8.67. The van der Waals surface area contributed by atoms with Crippen LogP contribution in [0.2, 0.25) is 0 Å². The third-order valence-corrected chi connectivity index (χ3v) is 5.45. The molecule has 0 heterocycles. The number of rotatable bonds is 4. The van der Waals surface area contributed by atoms with E-state index in [1.54, 1.807) is 20.8 Å². The molecule has 6 heteroatoms. The topological polar surface area (TPSA) is 69.7 Å². The summed E-state index contributed by atoms with van der Waals surface area (Å²) in [7, 11) is 1.31. The first-order valence-corrected chi connectivity index (χ1v) is 9.18. The summed E-state index contributed by atoms with van der Waals surface area (Å²) in [6.07, 6.45) is 0.755. The minimum absolute atomic E-state index is 0.114. The summed E-state index contributed by atoms with van der Waals surface area (Å²) in [5.74, 6) is -2.42. The van der Waals surface area contributed by atoms with E-state index in [-0.39, 0.29) is 12.2 Å². The maximum absolute atomic E-state index is 12.7. The molecule has 0 radical (unpaired) electrons. The quantitative estimate of drug-likeness (QED) is 0.495. The van der Waals surface area contributed by atoms with Gasteiger partial charge in [-0.1, -0.05) is 30.3 Å². The molecule has 0 spiro atoms. The van der Waals surface area contributed by atoms with Crippen molar-refractivity contribution in [1.29, 1.82) is 0 Å². The van der Waals surface area contributed by atoms with E-state index in [9.17, 15) is 14.4 Å². The van der Waals surface area contributed by atoms with Gasteiger partial charge in [0, 0.05) is 11.7 Å². The molecule has 0 amide bonds. The Morgan fingerprint density at radius 1 is 1.23 bits per heavy atom. The Kier molecular flexibility index (Phi) is 6.17. The molecule has 1 fully saturated rings. The van der Waals surface area contributed by atoms with Crippen molar-refractivity contribution in [3.63, 3.8) is 0 Å². The lowest BCUT2D eigenvalue weighted by molar-refractivity contribution is -0.168. The van der Waals surface area contributed by atoms with Crippen molar-refractivity contribution in [3.05, 3.63) is 35.9 Å². The Morgan fingerprint density at radius 3 is 2.38 bits per heavy atom. The van der Waals surface area contributed by atoms with Crippen LogP contribution in [0, 0.1) is 11.3 Å². The first-order chi connectivity index (χ1) is 12.1. The second kappa shape index (κ2) is 7.82. The van der Waals surface area contributed by atoms with Gasteiger partial charge < -0.3 is 9.47 Å². The molecule has 1 saturated carbocycles. The molecular weight excluding hydrogens is 352 g/mol. The lowest BCUT2D eigenvalue weighted by Gasteiger charge is -2.42. The van der Waals surface area contributed by atoms with E-state index in [0.717, 1.165) is 5.56 Å². The molecule has 0 aliphatic heterocycles. The van der Waals surface area contributed by atoms with Crippen molar-refractivity contribution < 1.29 is 23.9 Å². The average molecular weight is 378 g/mol. The van der Waals surface area contributed by atoms with E-state index < -0.39 is 34.1 Å². The standard InChI is InChI=1S/C20H26O5S/c1-19(2,3)25-17(22)15-14(21)10-11-20(16(15)26,18(23)24-4)12-13-8-6-5-7-9-13/h5-9,15-16,26H,10-12H2,1-4H3/t15-,16+,20-/m0/s1. The first kappa shape index (κ1) is 20.5. The number of thiol groups is 1. The largest absolute Gasteiger partial charge is 0.469 e. The van der Waals surface area contributed by atoms with Gasteiger partial charge in [0.25, 0.3) is 0 Å². The number of benzene rings is 1. The highest BCUT2D eigenvalue weighted by Crippen LogP contribution is 2.45. The van der Waals surface area contributed by atoms with E-state index >= 15 is 0 Å². The Hall–Kier alpha value is -1.82. The number of Topliss-reactive ketones (excluding diaryl/α,β-unsaturated/α-hetero) is 1. The van der Waals surface area contributed by atoms with Crippen LogP contribution in [-0.4, -0.2) is 35.7 Å². The lowest BCUT2D eigenvalue weighted by atomic mass is 9.65. The second-order valence-electron chi connectivity index (χ2n) is 7.73. The highest BCUT2D eigenvalue weighted by atomic mass is 32.1. The molecule has 0 aromatic heterocycles. The molecule has 0 unspecified atom stereocenters. The van der Waals surface area contributed by atoms with Gasteiger partial charge in [-0.25, -0.2) is 0 Å². The third-order valence-electron chi connectivity index (χ3n) is 4.66. The second-order valence-corrected chi connectivity index (χ2v) is 8.29.